The molecule has 2 N–H and O–H groups in total. The van der Waals surface area contributed by atoms with Crippen molar-refractivity contribution in [3.05, 3.63) is 70.2 Å². The van der Waals surface area contributed by atoms with E-state index in [-0.39, 0.29) is 0 Å². The van der Waals surface area contributed by atoms with Crippen LogP contribution in [0.1, 0.15) is 17.0 Å². The van der Waals surface area contributed by atoms with Crippen LogP contribution in [0.4, 0.5) is 0 Å². The molecule has 2 aromatic carbocycles. The van der Waals surface area contributed by atoms with E-state index in [0.717, 1.165) is 10.0 Å². The molecular weight excluding hydrogens is 342 g/mol. The molecule has 3 nitrogen and oxygen atoms in total. The van der Waals surface area contributed by atoms with Gasteiger partial charge in [-0.15, -0.1) is 6.42 Å². The summed E-state index contributed by atoms with van der Waals surface area (Å²) in [6.45, 7) is 0. The molecular formula is C18H16BrNO2. The van der Waals surface area contributed by atoms with E-state index in [0.29, 0.717) is 5.56 Å². The SMILES string of the molecule is C#CC(c1ccc(Br)cc1)[C@@](N)(C(=O)OC)c1ccccc1. The fraction of sp³-hybridized carbons (Fsp3) is 0.167. The first-order valence-electron chi connectivity index (χ1n) is 6.68. The number of hydrogen-bond donors (Lipinski definition) is 1. The highest BCUT2D eigenvalue weighted by molar-refractivity contribution is 9.10. The summed E-state index contributed by atoms with van der Waals surface area (Å²) in [5, 5.41) is 0. The monoisotopic (exact) mass is 357 g/mol. The number of benzene rings is 2. The van der Waals surface area contributed by atoms with Crippen molar-refractivity contribution in [1.82, 2.24) is 0 Å². The summed E-state index contributed by atoms with van der Waals surface area (Å²) in [6.07, 6.45) is 5.71. The summed E-state index contributed by atoms with van der Waals surface area (Å²) in [7, 11) is 1.31. The van der Waals surface area contributed by atoms with E-state index in [9.17, 15) is 4.79 Å². The van der Waals surface area contributed by atoms with Gasteiger partial charge in [-0.25, -0.2) is 4.79 Å². The van der Waals surface area contributed by atoms with Crippen LogP contribution in [0.25, 0.3) is 0 Å². The Hall–Kier alpha value is -2.09. The van der Waals surface area contributed by atoms with E-state index in [1.807, 2.05) is 42.5 Å². The fourth-order valence-electron chi connectivity index (χ4n) is 2.43. The molecule has 4 heteroatoms. The Bertz CT molecular complexity index is 691. The molecule has 0 bridgehead atoms. The molecule has 0 saturated heterocycles. The number of methoxy groups -OCH3 is 1. The second-order valence-electron chi connectivity index (χ2n) is 4.88. The minimum absolute atomic E-state index is 0.565. The lowest BCUT2D eigenvalue weighted by molar-refractivity contribution is -0.148. The average Bonchev–Trinajstić information content (AvgIpc) is 2.57. The normalized spacial score (nSPS) is 14.5. The lowest BCUT2D eigenvalue weighted by Crippen LogP contribution is -2.50. The minimum atomic E-state index is -1.45. The van der Waals surface area contributed by atoms with Gasteiger partial charge in [0.25, 0.3) is 0 Å². The Morgan fingerprint density at radius 3 is 2.32 bits per heavy atom. The number of halogens is 1. The molecule has 2 aromatic rings. The first-order valence-corrected chi connectivity index (χ1v) is 7.47. The Balaban J connectivity index is 2.59. The summed E-state index contributed by atoms with van der Waals surface area (Å²) < 4.78 is 5.85. The number of ether oxygens (including phenoxy) is 1. The second kappa shape index (κ2) is 6.78. The Labute approximate surface area is 138 Å². The molecule has 0 radical (unpaired) electrons. The molecule has 2 rings (SSSR count). The topological polar surface area (TPSA) is 52.3 Å². The predicted octanol–water partition coefficient (Wildman–Crippen LogP) is 3.19. The van der Waals surface area contributed by atoms with E-state index < -0.39 is 17.4 Å². The van der Waals surface area contributed by atoms with E-state index in [1.54, 1.807) is 12.1 Å². The van der Waals surface area contributed by atoms with Gasteiger partial charge in [-0.1, -0.05) is 64.3 Å². The summed E-state index contributed by atoms with van der Waals surface area (Å²) in [5.41, 5.74) is 6.42. The van der Waals surface area contributed by atoms with Crippen molar-refractivity contribution < 1.29 is 9.53 Å². The molecule has 0 aliphatic rings. The van der Waals surface area contributed by atoms with E-state index in [4.69, 9.17) is 16.9 Å². The fourth-order valence-corrected chi connectivity index (χ4v) is 2.70. The van der Waals surface area contributed by atoms with Crippen LogP contribution in [-0.2, 0) is 15.1 Å². The van der Waals surface area contributed by atoms with Crippen LogP contribution in [-0.4, -0.2) is 13.1 Å². The Morgan fingerprint density at radius 1 is 1.23 bits per heavy atom. The van der Waals surface area contributed by atoms with Crippen LogP contribution in [0.5, 0.6) is 0 Å². The number of carbonyl (C=O) groups is 1. The number of nitrogens with two attached hydrogens (primary N) is 1. The maximum absolute atomic E-state index is 12.4. The zero-order chi connectivity index (χ0) is 16.2. The lowest BCUT2D eigenvalue weighted by Gasteiger charge is -2.32. The van der Waals surface area contributed by atoms with Crippen LogP contribution < -0.4 is 5.73 Å². The lowest BCUT2D eigenvalue weighted by atomic mass is 9.75. The molecule has 0 aliphatic carbocycles. The molecule has 22 heavy (non-hydrogen) atoms. The van der Waals surface area contributed by atoms with Crippen LogP contribution in [0, 0.1) is 12.3 Å². The average molecular weight is 358 g/mol. The third kappa shape index (κ3) is 2.92. The summed E-state index contributed by atoms with van der Waals surface area (Å²) in [6, 6.07) is 16.5. The molecule has 0 aromatic heterocycles. The highest BCUT2D eigenvalue weighted by Gasteiger charge is 2.45. The van der Waals surface area contributed by atoms with Crippen molar-refractivity contribution >= 4 is 21.9 Å². The van der Waals surface area contributed by atoms with Crippen LogP contribution in [0.2, 0.25) is 0 Å². The van der Waals surface area contributed by atoms with Crippen molar-refractivity contribution in [2.45, 2.75) is 11.5 Å². The highest BCUT2D eigenvalue weighted by atomic mass is 79.9. The largest absolute Gasteiger partial charge is 0.467 e. The number of terminal acetylenes is 1. The zero-order valence-corrected chi connectivity index (χ0v) is 13.7. The van der Waals surface area contributed by atoms with Crippen molar-refractivity contribution in [2.75, 3.05) is 7.11 Å². The van der Waals surface area contributed by atoms with Gasteiger partial charge in [-0.2, -0.15) is 0 Å². The van der Waals surface area contributed by atoms with Crippen molar-refractivity contribution in [2.24, 2.45) is 5.73 Å². The van der Waals surface area contributed by atoms with Gasteiger partial charge in [-0.3, -0.25) is 0 Å². The molecule has 0 spiro atoms. The molecule has 112 valence electrons. The number of esters is 1. The van der Waals surface area contributed by atoms with E-state index in [1.165, 1.54) is 7.11 Å². The van der Waals surface area contributed by atoms with Crippen molar-refractivity contribution in [3.63, 3.8) is 0 Å². The van der Waals surface area contributed by atoms with Gasteiger partial charge in [-0.05, 0) is 23.3 Å². The third-order valence-electron chi connectivity index (χ3n) is 3.60. The van der Waals surface area contributed by atoms with E-state index >= 15 is 0 Å². The number of rotatable bonds is 4. The number of carbonyl (C=O) groups excluding carboxylic acids is 1. The molecule has 2 atom stereocenters. The first kappa shape index (κ1) is 16.3. The van der Waals surface area contributed by atoms with Gasteiger partial charge in [0.15, 0.2) is 5.54 Å². The molecule has 0 amide bonds. The Kier molecular flexibility index (Phi) is 5.02. The molecule has 0 aliphatic heterocycles. The minimum Gasteiger partial charge on any atom is -0.467 e. The zero-order valence-electron chi connectivity index (χ0n) is 12.1. The Morgan fingerprint density at radius 2 is 1.82 bits per heavy atom. The van der Waals surface area contributed by atoms with Gasteiger partial charge < -0.3 is 10.5 Å². The quantitative estimate of drug-likeness (QED) is 0.675. The van der Waals surface area contributed by atoms with Gasteiger partial charge in [0.1, 0.15) is 0 Å². The summed E-state index contributed by atoms with van der Waals surface area (Å²) >= 11 is 3.38. The van der Waals surface area contributed by atoms with Gasteiger partial charge in [0, 0.05) is 4.47 Å². The second-order valence-corrected chi connectivity index (χ2v) is 5.79. The van der Waals surface area contributed by atoms with Gasteiger partial charge in [0.05, 0.1) is 13.0 Å². The standard InChI is InChI=1S/C18H16BrNO2/c1-3-16(13-9-11-15(19)12-10-13)18(20,17(21)22-2)14-7-5-4-6-8-14/h1,4-12,16H,20H2,2H3/t16?,18-/m1/s1. The van der Waals surface area contributed by atoms with E-state index in [2.05, 4.69) is 21.9 Å². The first-order chi connectivity index (χ1) is 10.5. The maximum Gasteiger partial charge on any atom is 0.332 e. The maximum atomic E-state index is 12.4. The summed E-state index contributed by atoms with van der Waals surface area (Å²) in [4.78, 5) is 12.4. The molecule has 0 saturated carbocycles. The van der Waals surface area contributed by atoms with Crippen LogP contribution in [0.15, 0.2) is 59.1 Å². The predicted molar refractivity (Wildman–Crippen MR) is 90.0 cm³/mol. The molecule has 0 fully saturated rings. The van der Waals surface area contributed by atoms with Gasteiger partial charge >= 0.3 is 5.97 Å². The van der Waals surface area contributed by atoms with Crippen molar-refractivity contribution in [3.8, 4) is 12.3 Å². The molecule has 1 unspecified atom stereocenters. The third-order valence-corrected chi connectivity index (χ3v) is 4.13. The smallest absolute Gasteiger partial charge is 0.332 e. The summed E-state index contributed by atoms with van der Waals surface area (Å²) in [5.74, 6) is 1.44. The molecule has 0 heterocycles. The number of hydrogen-bond acceptors (Lipinski definition) is 3. The van der Waals surface area contributed by atoms with Crippen LogP contribution >= 0.6 is 15.9 Å². The highest BCUT2D eigenvalue weighted by Crippen LogP contribution is 2.36. The van der Waals surface area contributed by atoms with Crippen LogP contribution in [0.3, 0.4) is 0 Å². The van der Waals surface area contributed by atoms with Gasteiger partial charge in [0.2, 0.25) is 0 Å². The van der Waals surface area contributed by atoms with Crippen molar-refractivity contribution in [1.29, 1.82) is 0 Å².